The Hall–Kier alpha value is -2.38. The van der Waals surface area contributed by atoms with Crippen molar-refractivity contribution >= 4 is 29.3 Å². The molecule has 0 spiro atoms. The average molecular weight is 367 g/mol. The van der Waals surface area contributed by atoms with Crippen LogP contribution in [0.25, 0.3) is 11.0 Å². The van der Waals surface area contributed by atoms with Crippen molar-refractivity contribution in [2.45, 2.75) is 19.5 Å². The zero-order valence-corrected chi connectivity index (χ0v) is 15.0. The number of carbonyl (C=O) groups excluding carboxylic acids is 1. The number of rotatable bonds is 5. The van der Waals surface area contributed by atoms with Crippen LogP contribution >= 0.6 is 12.4 Å². The van der Waals surface area contributed by atoms with E-state index in [9.17, 15) is 9.18 Å². The summed E-state index contributed by atoms with van der Waals surface area (Å²) in [4.78, 5) is 12.4. The summed E-state index contributed by atoms with van der Waals surface area (Å²) in [7, 11) is 3.51. The molecule has 1 amide bonds. The molecule has 0 saturated carbocycles. The van der Waals surface area contributed by atoms with Gasteiger partial charge in [0.05, 0.1) is 12.7 Å². The summed E-state index contributed by atoms with van der Waals surface area (Å²) in [5, 5.41) is 10.6. The van der Waals surface area contributed by atoms with Gasteiger partial charge >= 0.3 is 0 Å². The van der Waals surface area contributed by atoms with Gasteiger partial charge in [-0.1, -0.05) is 0 Å². The smallest absolute Gasteiger partial charge is 0.242 e. The summed E-state index contributed by atoms with van der Waals surface area (Å²) >= 11 is 0. The second-order valence-electron chi connectivity index (χ2n) is 5.68. The van der Waals surface area contributed by atoms with E-state index in [-0.39, 0.29) is 30.7 Å². The number of amides is 1. The van der Waals surface area contributed by atoms with Crippen LogP contribution in [0.3, 0.4) is 0 Å². The van der Waals surface area contributed by atoms with Gasteiger partial charge in [0.25, 0.3) is 0 Å². The molecule has 25 heavy (non-hydrogen) atoms. The van der Waals surface area contributed by atoms with Crippen molar-refractivity contribution in [1.29, 1.82) is 0 Å². The Bertz CT molecular complexity index is 890. The number of aromatic nitrogens is 2. The maximum absolute atomic E-state index is 13.4. The Morgan fingerprint density at radius 1 is 1.44 bits per heavy atom. The topological polar surface area (TPSA) is 72.1 Å². The summed E-state index contributed by atoms with van der Waals surface area (Å²) in [6.45, 7) is 2.09. The van der Waals surface area contributed by atoms with Crippen molar-refractivity contribution in [2.75, 3.05) is 7.05 Å². The Morgan fingerprint density at radius 3 is 2.84 bits per heavy atom. The molecule has 6 nitrogen and oxygen atoms in total. The van der Waals surface area contributed by atoms with Crippen LogP contribution in [-0.4, -0.2) is 22.7 Å². The summed E-state index contributed by atoms with van der Waals surface area (Å²) in [5.41, 5.74) is 2.21. The lowest BCUT2D eigenvalue weighted by Crippen LogP contribution is -2.35. The molecule has 2 aromatic heterocycles. The first kappa shape index (κ1) is 19.0. The van der Waals surface area contributed by atoms with E-state index in [1.807, 2.05) is 6.92 Å². The molecule has 1 atom stereocenters. The normalized spacial score (nSPS) is 12.0. The maximum atomic E-state index is 13.4. The molecule has 1 aromatic carbocycles. The van der Waals surface area contributed by atoms with Crippen molar-refractivity contribution in [3.63, 3.8) is 0 Å². The molecule has 0 bridgehead atoms. The van der Waals surface area contributed by atoms with Gasteiger partial charge in [-0.15, -0.1) is 12.4 Å². The maximum Gasteiger partial charge on any atom is 0.242 e. The molecule has 2 heterocycles. The minimum Gasteiger partial charge on any atom is -0.459 e. The van der Waals surface area contributed by atoms with Gasteiger partial charge in [0.1, 0.15) is 23.2 Å². The molecule has 2 N–H and O–H groups in total. The van der Waals surface area contributed by atoms with Crippen molar-refractivity contribution in [2.24, 2.45) is 7.05 Å². The lowest BCUT2D eigenvalue weighted by molar-refractivity contribution is -0.123. The molecule has 0 aliphatic carbocycles. The second-order valence-corrected chi connectivity index (χ2v) is 5.68. The molecule has 3 aromatic rings. The van der Waals surface area contributed by atoms with Gasteiger partial charge in [-0.05, 0) is 32.2 Å². The molecular weight excluding hydrogens is 347 g/mol. The quantitative estimate of drug-likeness (QED) is 0.728. The van der Waals surface area contributed by atoms with Gasteiger partial charge < -0.3 is 15.1 Å². The molecule has 0 fully saturated rings. The minimum atomic E-state index is -0.499. The highest BCUT2D eigenvalue weighted by molar-refractivity contribution is 5.85. The summed E-state index contributed by atoms with van der Waals surface area (Å²) in [6, 6.07) is 3.88. The van der Waals surface area contributed by atoms with Crippen molar-refractivity contribution in [3.8, 4) is 0 Å². The van der Waals surface area contributed by atoms with Gasteiger partial charge in [-0.2, -0.15) is 5.10 Å². The van der Waals surface area contributed by atoms with Crippen LogP contribution in [0.2, 0.25) is 0 Å². The van der Waals surface area contributed by atoms with Gasteiger partial charge in [0, 0.05) is 29.8 Å². The highest BCUT2D eigenvalue weighted by atomic mass is 35.5. The fourth-order valence-electron chi connectivity index (χ4n) is 2.72. The summed E-state index contributed by atoms with van der Waals surface area (Å²) < 4.78 is 20.7. The number of halogens is 2. The van der Waals surface area contributed by atoms with E-state index in [0.717, 1.165) is 16.5 Å². The van der Waals surface area contributed by atoms with E-state index >= 15 is 0 Å². The standard InChI is InChI=1S/C17H19FN4O2.ClH/c1-10-13-6-12(18)4-5-14(13)24-15(10)8-20-17(23)16(19-2)11-7-21-22(3)9-11;/h4-7,9,16,19H,8H2,1-3H3,(H,20,23);1H. The van der Waals surface area contributed by atoms with Gasteiger partial charge in [0.15, 0.2) is 0 Å². The molecule has 1 unspecified atom stereocenters. The third kappa shape index (κ3) is 3.83. The summed E-state index contributed by atoms with van der Waals surface area (Å²) in [5.74, 6) is 0.121. The number of hydrogen-bond acceptors (Lipinski definition) is 4. The number of fused-ring (bicyclic) bond motifs is 1. The molecular formula is C17H20ClFN4O2. The van der Waals surface area contributed by atoms with E-state index in [1.165, 1.54) is 12.1 Å². The number of benzene rings is 1. The second kappa shape index (κ2) is 7.67. The molecule has 0 saturated heterocycles. The molecule has 0 aliphatic heterocycles. The van der Waals surface area contributed by atoms with Gasteiger partial charge in [0.2, 0.25) is 5.91 Å². The van der Waals surface area contributed by atoms with Crippen LogP contribution in [0.15, 0.2) is 35.0 Å². The lowest BCUT2D eigenvalue weighted by atomic mass is 10.1. The van der Waals surface area contributed by atoms with E-state index in [2.05, 4.69) is 15.7 Å². The fraction of sp³-hybridized carbons (Fsp3) is 0.294. The van der Waals surface area contributed by atoms with E-state index in [1.54, 1.807) is 37.2 Å². The molecule has 8 heteroatoms. The molecule has 3 rings (SSSR count). The van der Waals surface area contributed by atoms with Crippen LogP contribution < -0.4 is 10.6 Å². The average Bonchev–Trinajstić information content (AvgIpc) is 3.11. The first-order valence-corrected chi connectivity index (χ1v) is 7.60. The number of hydrogen-bond donors (Lipinski definition) is 2. The number of carbonyl (C=O) groups is 1. The van der Waals surface area contributed by atoms with Crippen LogP contribution in [0, 0.1) is 12.7 Å². The predicted molar refractivity (Wildman–Crippen MR) is 95.0 cm³/mol. The highest BCUT2D eigenvalue weighted by Gasteiger charge is 2.21. The van der Waals surface area contributed by atoms with Crippen molar-refractivity contribution < 1.29 is 13.6 Å². The van der Waals surface area contributed by atoms with Crippen LogP contribution in [0.5, 0.6) is 0 Å². The van der Waals surface area contributed by atoms with Crippen LogP contribution in [0.4, 0.5) is 4.39 Å². The molecule has 0 radical (unpaired) electrons. The number of likely N-dealkylation sites (N-methyl/N-ethyl adjacent to an activating group) is 1. The Balaban J connectivity index is 0.00000225. The van der Waals surface area contributed by atoms with E-state index < -0.39 is 6.04 Å². The minimum absolute atomic E-state index is 0. The van der Waals surface area contributed by atoms with Crippen molar-refractivity contribution in [1.82, 2.24) is 20.4 Å². The molecule has 0 aliphatic rings. The predicted octanol–water partition coefficient (Wildman–Crippen LogP) is 2.61. The number of furan rings is 1. The van der Waals surface area contributed by atoms with Crippen molar-refractivity contribution in [3.05, 3.63) is 53.3 Å². The third-order valence-corrected chi connectivity index (χ3v) is 4.03. The SMILES string of the molecule is CNC(C(=O)NCc1oc2ccc(F)cc2c1C)c1cnn(C)c1.Cl. The number of nitrogens with one attached hydrogen (secondary N) is 2. The first-order valence-electron chi connectivity index (χ1n) is 7.60. The van der Waals surface area contributed by atoms with Crippen LogP contribution in [0.1, 0.15) is 22.9 Å². The van der Waals surface area contributed by atoms with Gasteiger partial charge in [-0.3, -0.25) is 9.48 Å². The third-order valence-electron chi connectivity index (χ3n) is 4.03. The fourth-order valence-corrected chi connectivity index (χ4v) is 2.72. The van der Waals surface area contributed by atoms with E-state index in [4.69, 9.17) is 4.42 Å². The van der Waals surface area contributed by atoms with E-state index in [0.29, 0.717) is 11.3 Å². The first-order chi connectivity index (χ1) is 11.5. The molecule has 134 valence electrons. The number of aryl methyl sites for hydroxylation is 2. The summed E-state index contributed by atoms with van der Waals surface area (Å²) in [6.07, 6.45) is 3.44. The zero-order chi connectivity index (χ0) is 17.3. The Morgan fingerprint density at radius 2 is 2.20 bits per heavy atom. The zero-order valence-electron chi connectivity index (χ0n) is 14.2. The monoisotopic (exact) mass is 366 g/mol. The Labute approximate surface area is 150 Å². The van der Waals surface area contributed by atoms with Crippen LogP contribution in [-0.2, 0) is 18.4 Å². The highest BCUT2D eigenvalue weighted by Crippen LogP contribution is 2.26. The lowest BCUT2D eigenvalue weighted by Gasteiger charge is -2.14. The van der Waals surface area contributed by atoms with Gasteiger partial charge in [-0.25, -0.2) is 4.39 Å². The largest absolute Gasteiger partial charge is 0.459 e. The Kier molecular flexibility index (Phi) is 5.81. The number of nitrogens with zero attached hydrogens (tertiary/aromatic N) is 2.